The largest absolute Gasteiger partial charge is 0.461 e. The summed E-state index contributed by atoms with van der Waals surface area (Å²) in [4.78, 5) is 40.4. The monoisotopic (exact) mass is 806 g/mol. The van der Waals surface area contributed by atoms with E-state index >= 15 is 0 Å². The second kappa shape index (κ2) is 18.6. The lowest BCUT2D eigenvalue weighted by atomic mass is 10.1. The van der Waals surface area contributed by atoms with E-state index < -0.39 is 32.7 Å². The van der Waals surface area contributed by atoms with Gasteiger partial charge in [0.2, 0.25) is 12.2 Å². The lowest BCUT2D eigenvalue weighted by Crippen LogP contribution is -2.67. The molecule has 3 heterocycles. The highest BCUT2D eigenvalue weighted by molar-refractivity contribution is 7.13. The summed E-state index contributed by atoms with van der Waals surface area (Å²) < 4.78 is 35.3. The van der Waals surface area contributed by atoms with Crippen LogP contribution in [0.1, 0.15) is 67.7 Å². The third kappa shape index (κ3) is 9.38. The van der Waals surface area contributed by atoms with Crippen molar-refractivity contribution in [2.24, 2.45) is 0 Å². The number of oxazole rings is 1. The molecule has 1 amide bonds. The van der Waals surface area contributed by atoms with Crippen molar-refractivity contribution >= 4 is 42.1 Å². The van der Waals surface area contributed by atoms with Crippen LogP contribution < -0.4 is 15.7 Å². The molecule has 0 bridgehead atoms. The number of esters is 1. The number of nitrogens with zero attached hydrogens (tertiary/aromatic N) is 3. The lowest BCUT2D eigenvalue weighted by molar-refractivity contribution is -0.108. The molecule has 1 N–H and O–H groups in total. The summed E-state index contributed by atoms with van der Waals surface area (Å²) in [5.41, 5.74) is 2.81. The quantitative estimate of drug-likeness (QED) is 0.0580. The Morgan fingerprint density at radius 2 is 1.46 bits per heavy atom. The molecule has 0 saturated carbocycles. The Morgan fingerprint density at radius 1 is 0.825 bits per heavy atom. The van der Waals surface area contributed by atoms with Gasteiger partial charge in [0.05, 0.1) is 18.9 Å². The predicted octanol–water partition coefficient (Wildman–Crippen LogP) is 7.87. The zero-order chi connectivity index (χ0) is 40.4. The summed E-state index contributed by atoms with van der Waals surface area (Å²) in [6, 6.07) is 32.5. The van der Waals surface area contributed by atoms with Crippen molar-refractivity contribution in [2.75, 3.05) is 27.4 Å². The number of ether oxygens (including phenoxy) is 4. The van der Waals surface area contributed by atoms with E-state index in [0.717, 1.165) is 15.9 Å². The third-order valence-electron chi connectivity index (χ3n) is 9.26. The fraction of sp³-hybridized carbons (Fsp3) is 0.279. The number of hydrogen-bond acceptors (Lipinski definition) is 12. The van der Waals surface area contributed by atoms with Crippen LogP contribution in [-0.4, -0.2) is 62.8 Å². The van der Waals surface area contributed by atoms with Gasteiger partial charge in [-0.05, 0) is 40.0 Å². The Hall–Kier alpha value is -5.51. The first-order valence-corrected chi connectivity index (χ1v) is 21.2. The van der Waals surface area contributed by atoms with Gasteiger partial charge < -0.3 is 33.1 Å². The molecule has 0 aliphatic rings. The number of pyridine rings is 1. The van der Waals surface area contributed by atoms with Gasteiger partial charge in [-0.25, -0.2) is 24.5 Å². The number of amides is 1. The van der Waals surface area contributed by atoms with Crippen LogP contribution >= 0.6 is 11.3 Å². The Kier molecular flexibility index (Phi) is 13.4. The van der Waals surface area contributed by atoms with Gasteiger partial charge in [-0.15, -0.1) is 11.3 Å². The van der Waals surface area contributed by atoms with Crippen molar-refractivity contribution < 1.29 is 37.4 Å². The molecule has 0 aliphatic carbocycles. The average molecular weight is 807 g/mol. The number of nitrogens with one attached hydrogen (secondary N) is 1. The molecule has 1 atom stereocenters. The maximum absolute atomic E-state index is 13.5. The molecule has 0 radical (unpaired) electrons. The van der Waals surface area contributed by atoms with Crippen LogP contribution in [0.2, 0.25) is 5.04 Å². The molecular formula is C43H46N4O8SSi. The van der Waals surface area contributed by atoms with Gasteiger partial charge in [0, 0.05) is 25.2 Å². The molecule has 0 spiro atoms. The molecule has 0 saturated heterocycles. The molecule has 0 fully saturated rings. The van der Waals surface area contributed by atoms with Crippen LogP contribution in [0.4, 0.5) is 4.79 Å². The highest BCUT2D eigenvalue weighted by atomic mass is 32.1. The summed E-state index contributed by atoms with van der Waals surface area (Å²) in [6.45, 7) is 8.56. The van der Waals surface area contributed by atoms with Gasteiger partial charge >= 0.3 is 12.1 Å². The zero-order valence-electron chi connectivity index (χ0n) is 32.8. The number of thiazole rings is 1. The molecule has 6 rings (SSSR count). The van der Waals surface area contributed by atoms with Gasteiger partial charge in [-0.3, -0.25) is 0 Å². The molecular weight excluding hydrogens is 761 g/mol. The molecule has 6 aromatic rings. The van der Waals surface area contributed by atoms with E-state index in [2.05, 4.69) is 55.3 Å². The van der Waals surface area contributed by atoms with Crippen molar-refractivity contribution in [3.63, 3.8) is 0 Å². The summed E-state index contributed by atoms with van der Waals surface area (Å²) in [7, 11) is -0.0315. The first kappa shape index (κ1) is 41.1. The third-order valence-corrected chi connectivity index (χ3v) is 15.1. The van der Waals surface area contributed by atoms with E-state index in [1.54, 1.807) is 18.4 Å². The summed E-state index contributed by atoms with van der Waals surface area (Å²) in [5, 5.41) is 6.92. The van der Waals surface area contributed by atoms with Crippen molar-refractivity contribution in [2.45, 2.75) is 51.7 Å². The van der Waals surface area contributed by atoms with Crippen LogP contribution in [0.5, 0.6) is 0 Å². The predicted molar refractivity (Wildman–Crippen MR) is 220 cm³/mol. The van der Waals surface area contributed by atoms with Crippen LogP contribution in [0, 0.1) is 0 Å². The zero-order valence-corrected chi connectivity index (χ0v) is 34.6. The molecule has 12 nitrogen and oxygen atoms in total. The molecule has 296 valence electrons. The molecule has 57 heavy (non-hydrogen) atoms. The lowest BCUT2D eigenvalue weighted by Gasteiger charge is -2.43. The van der Waals surface area contributed by atoms with Crippen molar-refractivity contribution in [1.82, 2.24) is 20.3 Å². The number of carbonyl (C=O) groups is 2. The Bertz CT molecular complexity index is 2180. The number of carbonyl (C=O) groups excluding carboxylic acids is 2. The van der Waals surface area contributed by atoms with Crippen LogP contribution in [0.15, 0.2) is 119 Å². The minimum Gasteiger partial charge on any atom is -0.461 e. The molecule has 0 unspecified atom stereocenters. The molecule has 0 aliphatic heterocycles. The maximum Gasteiger partial charge on any atom is 0.408 e. The second-order valence-corrected chi connectivity index (χ2v) is 19.2. The average Bonchev–Trinajstić information content (AvgIpc) is 3.93. The number of alkyl carbamates (subject to hydrolysis) is 1. The smallest absolute Gasteiger partial charge is 0.408 e. The van der Waals surface area contributed by atoms with Crippen molar-refractivity contribution in [3.8, 4) is 22.0 Å². The normalized spacial score (nSPS) is 12.3. The molecule has 3 aromatic heterocycles. The van der Waals surface area contributed by atoms with E-state index in [0.29, 0.717) is 27.7 Å². The first-order chi connectivity index (χ1) is 27.6. The summed E-state index contributed by atoms with van der Waals surface area (Å²) in [5.74, 6) is -0.359. The maximum atomic E-state index is 13.5. The fourth-order valence-corrected chi connectivity index (χ4v) is 12.0. The highest BCUT2D eigenvalue weighted by Gasteiger charge is 2.50. The highest BCUT2D eigenvalue weighted by Crippen LogP contribution is 2.38. The number of hydrogen-bond donors (Lipinski definition) is 1. The minimum absolute atomic E-state index is 0.00119. The number of benzene rings is 3. The van der Waals surface area contributed by atoms with Crippen LogP contribution in [-0.2, 0) is 30.0 Å². The fourth-order valence-electron chi connectivity index (χ4n) is 6.62. The van der Waals surface area contributed by atoms with E-state index in [1.165, 1.54) is 31.8 Å². The Morgan fingerprint density at radius 3 is 2.05 bits per heavy atom. The van der Waals surface area contributed by atoms with Crippen LogP contribution in [0.3, 0.4) is 0 Å². The van der Waals surface area contributed by atoms with Crippen molar-refractivity contribution in [1.29, 1.82) is 0 Å². The number of rotatable bonds is 16. The minimum atomic E-state index is -3.07. The Balaban J connectivity index is 1.41. The SMILES string of the molecule is CCOC(=O)c1csc(-c2ccc(C(OC)OC)nc2-c2coc([C@H](CO[Si](c3ccccc3)(c3ccccc3)C(C)(C)C)NC(=O)OCc3ccccc3)n2)n1. The van der Waals surface area contributed by atoms with Gasteiger partial charge in [0.25, 0.3) is 8.32 Å². The summed E-state index contributed by atoms with van der Waals surface area (Å²) in [6.07, 6.45) is 0.0173. The number of aromatic nitrogens is 3. The van der Waals surface area contributed by atoms with Gasteiger partial charge in [0.15, 0.2) is 5.69 Å². The second-order valence-electron chi connectivity index (χ2n) is 14.0. The van der Waals surface area contributed by atoms with Crippen LogP contribution in [0.25, 0.3) is 22.0 Å². The first-order valence-electron chi connectivity index (χ1n) is 18.5. The van der Waals surface area contributed by atoms with E-state index in [-0.39, 0.29) is 36.4 Å². The number of methoxy groups -OCH3 is 2. The summed E-state index contributed by atoms with van der Waals surface area (Å²) >= 11 is 1.26. The van der Waals surface area contributed by atoms with Gasteiger partial charge in [-0.2, -0.15) is 0 Å². The standard InChI is InChI=1S/C43H46N4O8SSi/c1-7-52-40(48)36-28-56-39(46-36)32-23-24-33(41(50-5)51-6)44-37(32)34-26-53-38(45-34)35(47-42(49)54-25-29-17-11-8-12-18-29)27-55-57(43(2,3)4,30-19-13-9-14-20-30)31-21-15-10-16-22-31/h8-24,26,28,35,41H,7,25,27H2,1-6H3,(H,47,49)/t35-/m0/s1. The Labute approximate surface area is 337 Å². The van der Waals surface area contributed by atoms with Gasteiger partial charge in [-0.1, -0.05) is 112 Å². The van der Waals surface area contributed by atoms with Gasteiger partial charge in [0.1, 0.15) is 35.3 Å². The topological polar surface area (TPSA) is 144 Å². The molecule has 14 heteroatoms. The van der Waals surface area contributed by atoms with Crippen molar-refractivity contribution in [3.05, 3.63) is 138 Å². The molecule has 3 aromatic carbocycles. The van der Waals surface area contributed by atoms with E-state index in [1.807, 2.05) is 72.8 Å². The van der Waals surface area contributed by atoms with E-state index in [9.17, 15) is 9.59 Å². The van der Waals surface area contributed by atoms with E-state index in [4.69, 9.17) is 37.8 Å².